The van der Waals surface area contributed by atoms with Crippen LogP contribution in [0.3, 0.4) is 0 Å². The molecule has 6 nitrogen and oxygen atoms in total. The molecule has 0 fully saturated rings. The summed E-state index contributed by atoms with van der Waals surface area (Å²) in [4.78, 5) is 15.8. The predicted molar refractivity (Wildman–Crippen MR) is 114 cm³/mol. The van der Waals surface area contributed by atoms with E-state index in [0.29, 0.717) is 17.2 Å². The van der Waals surface area contributed by atoms with E-state index in [1.54, 1.807) is 10.5 Å². The molecule has 0 aliphatic carbocycles. The molecule has 2 aromatic heterocycles. The van der Waals surface area contributed by atoms with Crippen LogP contribution in [0.25, 0.3) is 16.9 Å². The summed E-state index contributed by atoms with van der Waals surface area (Å²) < 4.78 is 20.8. The number of nitrogens with zero attached hydrogens (tertiary/aromatic N) is 2. The van der Waals surface area contributed by atoms with E-state index in [-0.39, 0.29) is 12.4 Å². The highest BCUT2D eigenvalue weighted by atomic mass is 19.1. The average molecular weight is 404 g/mol. The zero-order chi connectivity index (χ0) is 21.3. The Morgan fingerprint density at radius 2 is 1.83 bits per heavy atom. The van der Waals surface area contributed by atoms with Crippen LogP contribution < -0.4 is 11.1 Å². The molecular formula is C23H21FN4O2. The van der Waals surface area contributed by atoms with E-state index in [9.17, 15) is 9.18 Å². The molecule has 0 bridgehead atoms. The topological polar surface area (TPSA) is 81.6 Å². The van der Waals surface area contributed by atoms with Crippen LogP contribution in [0.1, 0.15) is 16.7 Å². The number of ether oxygens (including phenoxy) is 1. The molecule has 0 atom stereocenters. The molecule has 2 heterocycles. The molecule has 0 aliphatic rings. The number of pyridine rings is 1. The number of nitrogens with two attached hydrogens (primary N) is 1. The van der Waals surface area contributed by atoms with Crippen LogP contribution in [-0.4, -0.2) is 15.5 Å². The van der Waals surface area contributed by atoms with Gasteiger partial charge in [0.1, 0.15) is 29.6 Å². The lowest BCUT2D eigenvalue weighted by molar-refractivity contribution is 0.150. The number of hydrogen-bond acceptors (Lipinski definition) is 4. The Balaban J connectivity index is 1.91. The molecule has 152 valence electrons. The first-order valence-electron chi connectivity index (χ1n) is 9.45. The number of nitrogens with one attached hydrogen (secondary N) is 1. The zero-order valence-corrected chi connectivity index (χ0v) is 16.6. The zero-order valence-electron chi connectivity index (χ0n) is 16.6. The minimum Gasteiger partial charge on any atom is -0.445 e. The number of benzene rings is 2. The fourth-order valence-electron chi connectivity index (χ4n) is 3.48. The summed E-state index contributed by atoms with van der Waals surface area (Å²) in [7, 11) is 0. The van der Waals surface area contributed by atoms with E-state index < -0.39 is 6.09 Å². The van der Waals surface area contributed by atoms with Gasteiger partial charge in [-0.05, 0) is 42.7 Å². The number of aromatic nitrogens is 2. The van der Waals surface area contributed by atoms with Crippen molar-refractivity contribution in [1.29, 1.82) is 0 Å². The third kappa shape index (κ3) is 3.69. The lowest BCUT2D eigenvalue weighted by Crippen LogP contribution is -2.13. The number of para-hydroxylation sites is 1. The molecule has 0 unspecified atom stereocenters. The minimum absolute atomic E-state index is 0.0105. The largest absolute Gasteiger partial charge is 0.445 e. The van der Waals surface area contributed by atoms with E-state index in [0.717, 1.165) is 27.9 Å². The van der Waals surface area contributed by atoms with Crippen molar-refractivity contribution in [3.63, 3.8) is 0 Å². The Hall–Kier alpha value is -3.87. The number of hydrogen-bond donors (Lipinski definition) is 2. The van der Waals surface area contributed by atoms with Gasteiger partial charge in [-0.1, -0.05) is 42.5 Å². The minimum atomic E-state index is -0.851. The van der Waals surface area contributed by atoms with Gasteiger partial charge < -0.3 is 15.8 Å². The first-order chi connectivity index (χ1) is 14.4. The highest BCUT2D eigenvalue weighted by molar-refractivity contribution is 5.82. The standard InChI is InChI=1S/C23H21FN4O2/c1-14-6-5-7-15(2)20(14)27-22-21(26-19-11-10-17(24)12-28(19)22)18-9-4-3-8-16(18)13-30-23(25)29/h3-12,27H,13H2,1-2H3,(H2,25,29). The van der Waals surface area contributed by atoms with E-state index in [1.807, 2.05) is 56.3 Å². The van der Waals surface area contributed by atoms with Crippen molar-refractivity contribution >= 4 is 23.2 Å². The molecule has 4 rings (SSSR count). The van der Waals surface area contributed by atoms with Gasteiger partial charge in [-0.15, -0.1) is 0 Å². The molecule has 7 heteroatoms. The molecule has 1 amide bonds. The summed E-state index contributed by atoms with van der Waals surface area (Å²) in [6.07, 6.45) is 0.542. The van der Waals surface area contributed by atoms with Crippen molar-refractivity contribution in [2.45, 2.75) is 20.5 Å². The molecule has 0 aliphatic heterocycles. The third-order valence-corrected chi connectivity index (χ3v) is 4.95. The molecule has 4 aromatic rings. The van der Waals surface area contributed by atoms with Crippen molar-refractivity contribution < 1.29 is 13.9 Å². The monoisotopic (exact) mass is 404 g/mol. The Kier molecular flexibility index (Phi) is 5.10. The van der Waals surface area contributed by atoms with Crippen LogP contribution in [0.5, 0.6) is 0 Å². The van der Waals surface area contributed by atoms with Crippen LogP contribution in [0.15, 0.2) is 60.8 Å². The molecule has 0 saturated heterocycles. The summed E-state index contributed by atoms with van der Waals surface area (Å²) in [6.45, 7) is 4.03. The van der Waals surface area contributed by atoms with E-state index in [4.69, 9.17) is 15.5 Å². The average Bonchev–Trinajstić information content (AvgIpc) is 3.07. The summed E-state index contributed by atoms with van der Waals surface area (Å²) in [5.74, 6) is 0.245. The Morgan fingerprint density at radius 3 is 2.57 bits per heavy atom. The van der Waals surface area contributed by atoms with Crippen molar-refractivity contribution in [2.75, 3.05) is 5.32 Å². The fourth-order valence-corrected chi connectivity index (χ4v) is 3.48. The van der Waals surface area contributed by atoms with Gasteiger partial charge in [-0.2, -0.15) is 0 Å². The second kappa shape index (κ2) is 7.87. The highest BCUT2D eigenvalue weighted by Gasteiger charge is 2.19. The van der Waals surface area contributed by atoms with Gasteiger partial charge in [0.15, 0.2) is 0 Å². The Morgan fingerprint density at radius 1 is 1.10 bits per heavy atom. The maximum atomic E-state index is 14.1. The second-order valence-corrected chi connectivity index (χ2v) is 7.04. The van der Waals surface area contributed by atoms with Gasteiger partial charge in [0.2, 0.25) is 0 Å². The molecule has 2 aromatic carbocycles. The lowest BCUT2D eigenvalue weighted by atomic mass is 10.0. The van der Waals surface area contributed by atoms with E-state index in [2.05, 4.69) is 5.32 Å². The van der Waals surface area contributed by atoms with Gasteiger partial charge in [0, 0.05) is 17.4 Å². The first kappa shape index (κ1) is 19.4. The maximum Gasteiger partial charge on any atom is 0.404 e. The third-order valence-electron chi connectivity index (χ3n) is 4.95. The number of aryl methyl sites for hydroxylation is 2. The normalized spacial score (nSPS) is 10.9. The highest BCUT2D eigenvalue weighted by Crippen LogP contribution is 2.35. The number of carbonyl (C=O) groups excluding carboxylic acids is 1. The fraction of sp³-hybridized carbons (Fsp3) is 0.130. The summed E-state index contributed by atoms with van der Waals surface area (Å²) in [6, 6.07) is 16.4. The quantitative estimate of drug-likeness (QED) is 0.485. The number of rotatable bonds is 5. The smallest absolute Gasteiger partial charge is 0.404 e. The number of halogens is 1. The Bertz CT molecular complexity index is 1230. The number of carbonyl (C=O) groups is 1. The van der Waals surface area contributed by atoms with Crippen LogP contribution in [0.2, 0.25) is 0 Å². The summed E-state index contributed by atoms with van der Waals surface area (Å²) in [5.41, 5.74) is 10.9. The van der Waals surface area contributed by atoms with Gasteiger partial charge in [0.25, 0.3) is 0 Å². The molecule has 0 radical (unpaired) electrons. The van der Waals surface area contributed by atoms with Crippen LogP contribution in [-0.2, 0) is 11.3 Å². The predicted octanol–water partition coefficient (Wildman–Crippen LogP) is 5.10. The van der Waals surface area contributed by atoms with Crippen molar-refractivity contribution in [3.05, 3.63) is 83.3 Å². The Labute approximate surface area is 173 Å². The maximum absolute atomic E-state index is 14.1. The van der Waals surface area contributed by atoms with Gasteiger partial charge in [0.05, 0.1) is 0 Å². The van der Waals surface area contributed by atoms with Crippen molar-refractivity contribution in [1.82, 2.24) is 9.38 Å². The molecular weight excluding hydrogens is 383 g/mol. The SMILES string of the molecule is Cc1cccc(C)c1Nc1c(-c2ccccc2COC(N)=O)nc2ccc(F)cn12. The van der Waals surface area contributed by atoms with Gasteiger partial charge in [-0.3, -0.25) is 4.40 Å². The van der Waals surface area contributed by atoms with Crippen molar-refractivity contribution in [3.8, 4) is 11.3 Å². The number of imidazole rings is 1. The van der Waals surface area contributed by atoms with Crippen LogP contribution in [0.4, 0.5) is 20.7 Å². The summed E-state index contributed by atoms with van der Waals surface area (Å²) in [5, 5.41) is 3.45. The van der Waals surface area contributed by atoms with Crippen molar-refractivity contribution in [2.24, 2.45) is 5.73 Å². The molecule has 3 N–H and O–H groups in total. The number of fused-ring (bicyclic) bond motifs is 1. The number of amides is 1. The van der Waals surface area contributed by atoms with E-state index in [1.165, 1.54) is 12.3 Å². The van der Waals surface area contributed by atoms with E-state index >= 15 is 0 Å². The number of anilines is 2. The van der Waals surface area contributed by atoms with Gasteiger partial charge >= 0.3 is 6.09 Å². The number of primary amides is 1. The lowest BCUT2D eigenvalue weighted by Gasteiger charge is -2.15. The molecule has 30 heavy (non-hydrogen) atoms. The molecule has 0 spiro atoms. The molecule has 0 saturated carbocycles. The summed E-state index contributed by atoms with van der Waals surface area (Å²) >= 11 is 0. The van der Waals surface area contributed by atoms with Crippen LogP contribution >= 0.6 is 0 Å². The van der Waals surface area contributed by atoms with Gasteiger partial charge in [-0.25, -0.2) is 14.2 Å². The first-order valence-corrected chi connectivity index (χ1v) is 9.45. The second-order valence-electron chi connectivity index (χ2n) is 7.04. The van der Waals surface area contributed by atoms with Crippen LogP contribution in [0, 0.1) is 19.7 Å².